The maximum atomic E-state index is 13.5. The molecule has 0 saturated heterocycles. The number of benzene rings is 2. The standard InChI is InChI=1S/C24H24Cl2N2O2/c25-17-5-1-3-7-19(17)27-21(29)23-10-15-9-16(11-23)13-24(12-15,14-23)22(30)28-20-8-4-2-6-18(20)26/h1-8,15-16H,9-14H2,(H,27,29)(H,28,30). The predicted molar refractivity (Wildman–Crippen MR) is 120 cm³/mol. The van der Waals surface area contributed by atoms with Gasteiger partial charge in [-0.3, -0.25) is 9.59 Å². The van der Waals surface area contributed by atoms with Crippen LogP contribution < -0.4 is 10.6 Å². The first kappa shape index (κ1) is 19.9. The van der Waals surface area contributed by atoms with Crippen LogP contribution >= 0.6 is 23.2 Å². The van der Waals surface area contributed by atoms with Crippen LogP contribution in [0.3, 0.4) is 0 Å². The second-order valence-corrected chi connectivity index (χ2v) is 10.2. The fraction of sp³-hybridized carbons (Fsp3) is 0.417. The molecule has 2 aromatic carbocycles. The molecule has 4 fully saturated rings. The van der Waals surface area contributed by atoms with Gasteiger partial charge in [-0.25, -0.2) is 0 Å². The number of amides is 2. The third-order valence-corrected chi connectivity index (χ3v) is 7.93. The quantitative estimate of drug-likeness (QED) is 0.595. The first-order valence-electron chi connectivity index (χ1n) is 10.5. The van der Waals surface area contributed by atoms with Crippen LogP contribution in [-0.2, 0) is 9.59 Å². The first-order chi connectivity index (χ1) is 14.4. The second kappa shape index (κ2) is 7.28. The third kappa shape index (κ3) is 3.30. The van der Waals surface area contributed by atoms with E-state index in [4.69, 9.17) is 23.2 Å². The minimum absolute atomic E-state index is 0.000353. The van der Waals surface area contributed by atoms with Crippen molar-refractivity contribution in [1.82, 2.24) is 0 Å². The Morgan fingerprint density at radius 1 is 0.733 bits per heavy atom. The summed E-state index contributed by atoms with van der Waals surface area (Å²) in [6.07, 6.45) is 5.09. The molecule has 4 aliphatic rings. The lowest BCUT2D eigenvalue weighted by Gasteiger charge is -2.60. The van der Waals surface area contributed by atoms with E-state index < -0.39 is 10.8 Å². The molecule has 2 aromatic rings. The van der Waals surface area contributed by atoms with E-state index in [1.807, 2.05) is 36.4 Å². The maximum absolute atomic E-state index is 13.5. The smallest absolute Gasteiger partial charge is 0.230 e. The van der Waals surface area contributed by atoms with Gasteiger partial charge in [-0.1, -0.05) is 47.5 Å². The molecule has 4 nitrogen and oxygen atoms in total. The van der Waals surface area contributed by atoms with Gasteiger partial charge in [-0.2, -0.15) is 0 Å². The van der Waals surface area contributed by atoms with Crippen LogP contribution in [0.2, 0.25) is 10.0 Å². The number of carbonyl (C=O) groups excluding carboxylic acids is 2. The summed E-state index contributed by atoms with van der Waals surface area (Å²) in [4.78, 5) is 26.9. The molecule has 0 heterocycles. The van der Waals surface area contributed by atoms with E-state index >= 15 is 0 Å². The minimum Gasteiger partial charge on any atom is -0.324 e. The van der Waals surface area contributed by atoms with Gasteiger partial charge in [0, 0.05) is 0 Å². The van der Waals surface area contributed by atoms with Crippen LogP contribution in [-0.4, -0.2) is 11.8 Å². The molecule has 0 aromatic heterocycles. The topological polar surface area (TPSA) is 58.2 Å². The first-order valence-corrected chi connectivity index (χ1v) is 11.3. The molecule has 30 heavy (non-hydrogen) atoms. The number of hydrogen-bond acceptors (Lipinski definition) is 2. The lowest BCUT2D eigenvalue weighted by Crippen LogP contribution is -2.59. The molecule has 2 N–H and O–H groups in total. The zero-order chi connectivity index (χ0) is 20.9. The number of hydrogen-bond donors (Lipinski definition) is 2. The number of para-hydroxylation sites is 2. The van der Waals surface area contributed by atoms with Gasteiger partial charge >= 0.3 is 0 Å². The van der Waals surface area contributed by atoms with Gasteiger partial charge in [0.1, 0.15) is 0 Å². The Morgan fingerprint density at radius 3 is 1.53 bits per heavy atom. The zero-order valence-electron chi connectivity index (χ0n) is 16.6. The molecule has 4 saturated carbocycles. The summed E-state index contributed by atoms with van der Waals surface area (Å²) in [5, 5.41) is 7.18. The number of nitrogens with one attached hydrogen (secondary N) is 2. The lowest BCUT2D eigenvalue weighted by atomic mass is 9.43. The summed E-state index contributed by atoms with van der Waals surface area (Å²) >= 11 is 12.5. The SMILES string of the molecule is O=C(Nc1ccccc1Cl)C12CC3CC(C1)CC(C(=O)Nc1ccccc1Cl)(C3)C2. The summed E-state index contributed by atoms with van der Waals surface area (Å²) in [5.41, 5.74) is 0.242. The van der Waals surface area contributed by atoms with Crippen molar-refractivity contribution in [2.75, 3.05) is 10.6 Å². The minimum atomic E-state index is -0.513. The Hall–Kier alpha value is -2.04. The van der Waals surface area contributed by atoms with Gasteiger partial charge in [-0.15, -0.1) is 0 Å². The van der Waals surface area contributed by atoms with Gasteiger partial charge in [0.2, 0.25) is 11.8 Å². The van der Waals surface area contributed by atoms with E-state index in [1.165, 1.54) is 0 Å². The third-order valence-electron chi connectivity index (χ3n) is 7.27. The Kier molecular flexibility index (Phi) is 4.83. The molecule has 156 valence electrons. The second-order valence-electron chi connectivity index (χ2n) is 9.39. The highest BCUT2D eigenvalue weighted by Crippen LogP contribution is 2.65. The van der Waals surface area contributed by atoms with Crippen molar-refractivity contribution in [1.29, 1.82) is 0 Å². The van der Waals surface area contributed by atoms with Crippen LogP contribution in [0.4, 0.5) is 11.4 Å². The lowest BCUT2D eigenvalue weighted by molar-refractivity contribution is -0.161. The van der Waals surface area contributed by atoms with Crippen molar-refractivity contribution in [3.05, 3.63) is 58.6 Å². The Labute approximate surface area is 186 Å². The van der Waals surface area contributed by atoms with Gasteiger partial charge in [0.25, 0.3) is 0 Å². The Morgan fingerprint density at radius 2 is 1.13 bits per heavy atom. The van der Waals surface area contributed by atoms with Crippen molar-refractivity contribution in [3.8, 4) is 0 Å². The molecule has 6 rings (SSSR count). The molecule has 0 spiro atoms. The fourth-order valence-electron chi connectivity index (χ4n) is 6.43. The van der Waals surface area contributed by atoms with Crippen LogP contribution in [0.5, 0.6) is 0 Å². The predicted octanol–water partition coefficient (Wildman–Crippen LogP) is 6.16. The molecule has 0 unspecified atom stereocenters. The van der Waals surface area contributed by atoms with E-state index in [0.29, 0.717) is 39.7 Å². The highest BCUT2D eigenvalue weighted by atomic mass is 35.5. The van der Waals surface area contributed by atoms with Crippen molar-refractivity contribution >= 4 is 46.4 Å². The molecule has 4 aliphatic carbocycles. The van der Waals surface area contributed by atoms with Crippen LogP contribution in [0.1, 0.15) is 38.5 Å². The van der Waals surface area contributed by atoms with E-state index in [-0.39, 0.29) is 11.8 Å². The summed E-state index contributed by atoms with van der Waals surface area (Å²) in [7, 11) is 0. The van der Waals surface area contributed by atoms with E-state index in [1.54, 1.807) is 12.1 Å². The van der Waals surface area contributed by atoms with Crippen LogP contribution in [0, 0.1) is 22.7 Å². The van der Waals surface area contributed by atoms with Crippen molar-refractivity contribution in [2.45, 2.75) is 38.5 Å². The van der Waals surface area contributed by atoms with Gasteiger partial charge < -0.3 is 10.6 Å². The summed E-state index contributed by atoms with van der Waals surface area (Å²) < 4.78 is 0. The normalized spacial score (nSPS) is 31.4. The average Bonchev–Trinajstić information content (AvgIpc) is 2.70. The number of anilines is 2. The molecular weight excluding hydrogens is 419 g/mol. The Bertz CT molecular complexity index is 930. The van der Waals surface area contributed by atoms with E-state index in [0.717, 1.165) is 32.1 Å². The van der Waals surface area contributed by atoms with Gasteiger partial charge in [-0.05, 0) is 74.6 Å². The highest BCUT2D eigenvalue weighted by molar-refractivity contribution is 6.34. The number of rotatable bonds is 4. The Balaban J connectivity index is 1.42. The van der Waals surface area contributed by atoms with E-state index in [9.17, 15) is 9.59 Å². The fourth-order valence-corrected chi connectivity index (χ4v) is 6.79. The van der Waals surface area contributed by atoms with Crippen LogP contribution in [0.15, 0.2) is 48.5 Å². The molecular formula is C24H24Cl2N2O2. The molecule has 2 amide bonds. The molecule has 4 bridgehead atoms. The van der Waals surface area contributed by atoms with Gasteiger partial charge in [0.15, 0.2) is 0 Å². The van der Waals surface area contributed by atoms with Crippen LogP contribution in [0.25, 0.3) is 0 Å². The zero-order valence-corrected chi connectivity index (χ0v) is 18.1. The molecule has 0 radical (unpaired) electrons. The summed E-state index contributed by atoms with van der Waals surface area (Å²) in [6.45, 7) is 0. The summed E-state index contributed by atoms with van der Waals surface area (Å²) in [6, 6.07) is 14.6. The average molecular weight is 443 g/mol. The monoisotopic (exact) mass is 442 g/mol. The summed E-state index contributed by atoms with van der Waals surface area (Å²) in [5.74, 6) is 0.805. The highest BCUT2D eigenvalue weighted by Gasteiger charge is 2.63. The number of halogens is 2. The van der Waals surface area contributed by atoms with Crippen molar-refractivity contribution in [2.24, 2.45) is 22.7 Å². The molecule has 0 aliphatic heterocycles. The van der Waals surface area contributed by atoms with Crippen molar-refractivity contribution in [3.63, 3.8) is 0 Å². The van der Waals surface area contributed by atoms with Crippen molar-refractivity contribution < 1.29 is 9.59 Å². The molecule has 6 heteroatoms. The maximum Gasteiger partial charge on any atom is 0.230 e. The number of carbonyl (C=O) groups is 2. The van der Waals surface area contributed by atoms with E-state index in [2.05, 4.69) is 10.6 Å². The van der Waals surface area contributed by atoms with Gasteiger partial charge in [0.05, 0.1) is 32.3 Å². The molecule has 0 atom stereocenters. The largest absolute Gasteiger partial charge is 0.324 e.